The molecule has 4 saturated heterocycles. The number of hydrogen-bond acceptors (Lipinski definition) is 8. The lowest BCUT2D eigenvalue weighted by molar-refractivity contribution is -0.0441. The lowest BCUT2D eigenvalue weighted by atomic mass is 9.75. The molecule has 4 aliphatic heterocycles. The van der Waals surface area contributed by atoms with E-state index in [9.17, 15) is 35.1 Å². The highest BCUT2D eigenvalue weighted by Gasteiger charge is 2.39. The van der Waals surface area contributed by atoms with Gasteiger partial charge in [-0.2, -0.15) is 17.6 Å². The van der Waals surface area contributed by atoms with Crippen LogP contribution >= 0.6 is 0 Å². The number of ether oxygens (including phenoxy) is 8. The van der Waals surface area contributed by atoms with Gasteiger partial charge in [-0.05, 0) is 224 Å². The zero-order chi connectivity index (χ0) is 75.5. The maximum atomic E-state index is 14.5. The van der Waals surface area contributed by atoms with Gasteiger partial charge in [0.2, 0.25) is 23.3 Å². The SMILES string of the molecule is CCCC1CCC(C2CCC(c3ccc(OCC)c(F)c3F)CO2)CC1.CCCCC1CCC(C2CCC(c3ccc(OCC)c(F)c3F)CO2)CC1.CCCCCC1CCC(C2CCC(c3ccc(OCC)c(F)c3F)CO2)CC1.CCOc1ccc(C2CCC(C3CCC(CC)CC3)OC2)c(F)c1F. The predicted molar refractivity (Wildman–Crippen MR) is 408 cm³/mol. The van der Waals surface area contributed by atoms with Crippen LogP contribution in [-0.4, -0.2) is 77.3 Å². The molecule has 12 rings (SSSR count). The minimum Gasteiger partial charge on any atom is -0.491 e. The van der Waals surface area contributed by atoms with Crippen LogP contribution in [-0.2, 0) is 18.9 Å². The average molecular weight is 1490 g/mol. The Kier molecular flexibility index (Phi) is 35.8. The monoisotopic (exact) mass is 1490 g/mol. The third-order valence-corrected chi connectivity index (χ3v) is 25.6. The molecule has 4 saturated carbocycles. The van der Waals surface area contributed by atoms with Gasteiger partial charge in [-0.3, -0.25) is 0 Å². The van der Waals surface area contributed by atoms with Gasteiger partial charge >= 0.3 is 0 Å². The van der Waals surface area contributed by atoms with Crippen molar-refractivity contribution in [3.63, 3.8) is 0 Å². The maximum absolute atomic E-state index is 14.5. The molecule has 0 aromatic heterocycles. The Morgan fingerprint density at radius 2 is 0.519 bits per heavy atom. The van der Waals surface area contributed by atoms with E-state index in [0.29, 0.717) is 123 Å². The molecule has 4 heterocycles. The van der Waals surface area contributed by atoms with E-state index < -0.39 is 46.5 Å². The molecule has 8 atom stereocenters. The summed E-state index contributed by atoms with van der Waals surface area (Å²) in [6.07, 6.45) is 42.4. The molecule has 4 aliphatic carbocycles. The molecule has 8 fully saturated rings. The fraction of sp³-hybridized carbons (Fsp3) is 0.733. The van der Waals surface area contributed by atoms with E-state index in [-0.39, 0.29) is 46.7 Å². The molecule has 8 aliphatic rings. The normalized spacial score (nSPS) is 29.2. The van der Waals surface area contributed by atoms with Crippen LogP contribution in [0.15, 0.2) is 48.5 Å². The smallest absolute Gasteiger partial charge is 0.200 e. The van der Waals surface area contributed by atoms with Crippen LogP contribution in [0.1, 0.15) is 320 Å². The molecule has 4 aromatic carbocycles. The van der Waals surface area contributed by atoms with Crippen molar-refractivity contribution >= 4 is 0 Å². The molecule has 0 amide bonds. The van der Waals surface area contributed by atoms with Gasteiger partial charge < -0.3 is 37.9 Å². The van der Waals surface area contributed by atoms with Crippen molar-refractivity contribution in [2.24, 2.45) is 47.3 Å². The summed E-state index contributed by atoms with van der Waals surface area (Å²) in [6, 6.07) is 12.8. The summed E-state index contributed by atoms with van der Waals surface area (Å²) in [5.41, 5.74) is 1.71. The van der Waals surface area contributed by atoms with Crippen LogP contribution in [0.2, 0.25) is 0 Å². The number of benzene rings is 4. The van der Waals surface area contributed by atoms with E-state index >= 15 is 0 Å². The van der Waals surface area contributed by atoms with Crippen molar-refractivity contribution < 1.29 is 73.0 Å². The maximum Gasteiger partial charge on any atom is 0.200 e. The molecular weight excluding hydrogens is 1360 g/mol. The first kappa shape index (κ1) is 85.4. The average Bonchev–Trinajstić information content (AvgIpc) is 0.820. The molecule has 16 heteroatoms. The first-order valence-electron chi connectivity index (χ1n) is 42.4. The van der Waals surface area contributed by atoms with Crippen molar-refractivity contribution in [1.82, 2.24) is 0 Å². The minimum absolute atomic E-state index is 0.00551. The molecule has 106 heavy (non-hydrogen) atoms. The van der Waals surface area contributed by atoms with Crippen molar-refractivity contribution in [2.75, 3.05) is 52.9 Å². The van der Waals surface area contributed by atoms with Gasteiger partial charge in [-0.1, -0.05) is 168 Å². The van der Waals surface area contributed by atoms with Gasteiger partial charge in [0.05, 0.1) is 77.3 Å². The fourth-order valence-corrected chi connectivity index (χ4v) is 19.2. The Morgan fingerprint density at radius 3 is 0.745 bits per heavy atom. The third-order valence-electron chi connectivity index (χ3n) is 25.6. The first-order chi connectivity index (χ1) is 51.5. The van der Waals surface area contributed by atoms with Crippen LogP contribution in [0.3, 0.4) is 0 Å². The second-order valence-corrected chi connectivity index (χ2v) is 32.4. The molecular formula is C90H132F8O8. The molecule has 0 radical (unpaired) electrons. The second kappa shape index (κ2) is 44.4. The molecule has 0 bridgehead atoms. The Hall–Kier alpha value is -4.64. The topological polar surface area (TPSA) is 73.8 Å². The molecule has 596 valence electrons. The quantitative estimate of drug-likeness (QED) is 0.0455. The zero-order valence-corrected chi connectivity index (χ0v) is 65.8. The first-order valence-corrected chi connectivity index (χ1v) is 42.4. The molecule has 4 aromatic rings. The van der Waals surface area contributed by atoms with E-state index in [1.54, 1.807) is 70.2 Å². The van der Waals surface area contributed by atoms with Gasteiger partial charge in [0, 0.05) is 23.7 Å². The summed E-state index contributed by atoms with van der Waals surface area (Å²) >= 11 is 0. The Balaban J connectivity index is 0.000000164. The summed E-state index contributed by atoms with van der Waals surface area (Å²) in [4.78, 5) is 0. The van der Waals surface area contributed by atoms with E-state index in [1.807, 2.05) is 0 Å². The van der Waals surface area contributed by atoms with E-state index in [1.165, 1.54) is 173 Å². The van der Waals surface area contributed by atoms with Crippen LogP contribution in [0.25, 0.3) is 0 Å². The van der Waals surface area contributed by atoms with Crippen molar-refractivity contribution in [1.29, 1.82) is 0 Å². The van der Waals surface area contributed by atoms with E-state index in [2.05, 4.69) is 27.7 Å². The lowest BCUT2D eigenvalue weighted by Gasteiger charge is -2.38. The minimum atomic E-state index is -0.876. The van der Waals surface area contributed by atoms with Crippen LogP contribution in [0, 0.1) is 93.9 Å². The fourth-order valence-electron chi connectivity index (χ4n) is 19.2. The largest absolute Gasteiger partial charge is 0.491 e. The molecule has 0 N–H and O–H groups in total. The summed E-state index contributed by atoms with van der Waals surface area (Å²) < 4.78 is 159. The Labute approximate surface area is 632 Å². The predicted octanol–water partition coefficient (Wildman–Crippen LogP) is 25.7. The number of unbranched alkanes of at least 4 members (excludes halogenated alkanes) is 3. The van der Waals surface area contributed by atoms with E-state index in [4.69, 9.17) is 37.9 Å². The summed E-state index contributed by atoms with van der Waals surface area (Å²) in [6.45, 7) is 19.4. The van der Waals surface area contributed by atoms with Gasteiger partial charge in [0.1, 0.15) is 0 Å². The van der Waals surface area contributed by atoms with Crippen molar-refractivity contribution in [3.05, 3.63) is 117 Å². The number of hydrogen-bond donors (Lipinski definition) is 0. The highest BCUT2D eigenvalue weighted by Crippen LogP contribution is 2.46. The Morgan fingerprint density at radius 1 is 0.264 bits per heavy atom. The molecule has 0 spiro atoms. The van der Waals surface area contributed by atoms with Gasteiger partial charge in [-0.25, -0.2) is 17.6 Å². The van der Waals surface area contributed by atoms with Gasteiger partial charge in [0.25, 0.3) is 0 Å². The third kappa shape index (κ3) is 23.7. The van der Waals surface area contributed by atoms with Gasteiger partial charge in [0.15, 0.2) is 46.3 Å². The second-order valence-electron chi connectivity index (χ2n) is 32.4. The van der Waals surface area contributed by atoms with Crippen molar-refractivity contribution in [2.45, 2.75) is 322 Å². The Bertz CT molecular complexity index is 3160. The lowest BCUT2D eigenvalue weighted by Crippen LogP contribution is -2.33. The number of halogens is 8. The van der Waals surface area contributed by atoms with Crippen LogP contribution in [0.4, 0.5) is 35.1 Å². The van der Waals surface area contributed by atoms with E-state index in [0.717, 1.165) is 75.0 Å². The standard InChI is InChI=1S/C24H36F2O2.C23H34F2O2.C22H32F2O2.C21H30F2O2/c1-3-5-6-7-17-8-10-18(11-9-17)21-14-12-19(16-28-21)20-13-15-22(27-4-2)24(26)23(20)25;1-3-5-6-16-7-9-17(10-8-16)20-13-11-18(15-27-20)19-12-14-21(26-4-2)23(25)22(19)24;1-3-5-15-6-8-16(9-7-15)19-12-10-17(14-26-19)18-11-13-20(25-4-2)22(24)21(18)23;1-3-14-5-7-15(8-6-14)18-11-9-16(13-25-18)17-10-12-19(24-4-2)21(23)20(17)22/h13,15,17-19,21H,3-12,14,16H2,1-2H3;12,14,16-18,20H,3-11,13,15H2,1-2H3;11,13,15-17,19H,3-10,12,14H2,1-2H3;10,12,14-16,18H,3-9,11,13H2,1-2H3. The molecule has 8 nitrogen and oxygen atoms in total. The zero-order valence-electron chi connectivity index (χ0n) is 65.8. The summed E-state index contributed by atoms with van der Waals surface area (Å²) in [5.74, 6) is -0.710. The van der Waals surface area contributed by atoms with Crippen LogP contribution in [0.5, 0.6) is 23.0 Å². The molecule has 8 unspecified atom stereocenters. The highest BCUT2D eigenvalue weighted by atomic mass is 19.2. The highest BCUT2D eigenvalue weighted by molar-refractivity contribution is 5.37. The summed E-state index contributed by atoms with van der Waals surface area (Å²) in [5, 5.41) is 0. The number of rotatable bonds is 26. The van der Waals surface area contributed by atoms with Gasteiger partial charge in [-0.15, -0.1) is 0 Å². The van der Waals surface area contributed by atoms with Crippen LogP contribution < -0.4 is 18.9 Å². The van der Waals surface area contributed by atoms with Crippen molar-refractivity contribution in [3.8, 4) is 23.0 Å². The summed E-state index contributed by atoms with van der Waals surface area (Å²) in [7, 11) is 0.